The molecule has 0 aromatic rings. The highest BCUT2D eigenvalue weighted by atomic mass is 15.2. The molecule has 3 heteroatoms. The van der Waals surface area contributed by atoms with Crippen molar-refractivity contribution in [3.63, 3.8) is 0 Å². The van der Waals surface area contributed by atoms with Gasteiger partial charge in [-0.25, -0.2) is 0 Å². The summed E-state index contributed by atoms with van der Waals surface area (Å²) >= 11 is 0. The van der Waals surface area contributed by atoms with Crippen LogP contribution in [0.1, 0.15) is 38.5 Å². The molecule has 0 amide bonds. The Labute approximate surface area is 107 Å². The van der Waals surface area contributed by atoms with E-state index in [1.54, 1.807) is 0 Å². The molecule has 2 bridgehead atoms. The molecule has 2 unspecified atom stereocenters. The van der Waals surface area contributed by atoms with Crippen LogP contribution < -0.4 is 5.32 Å². The summed E-state index contributed by atoms with van der Waals surface area (Å²) < 4.78 is 0. The fraction of sp³-hybridized carbons (Fsp3) is 1.00. The van der Waals surface area contributed by atoms with E-state index in [4.69, 9.17) is 0 Å². The number of nitrogens with zero attached hydrogens (tertiary/aromatic N) is 2. The van der Waals surface area contributed by atoms with Crippen molar-refractivity contribution in [3.05, 3.63) is 0 Å². The highest BCUT2D eigenvalue weighted by Gasteiger charge is 2.39. The van der Waals surface area contributed by atoms with Crippen molar-refractivity contribution in [2.45, 2.75) is 56.7 Å². The minimum absolute atomic E-state index is 0.783. The van der Waals surface area contributed by atoms with Crippen molar-refractivity contribution in [2.75, 3.05) is 34.2 Å². The lowest BCUT2D eigenvalue weighted by Crippen LogP contribution is -2.48. The van der Waals surface area contributed by atoms with E-state index < -0.39 is 0 Å². The van der Waals surface area contributed by atoms with Gasteiger partial charge in [-0.1, -0.05) is 0 Å². The Hall–Kier alpha value is -0.120. The van der Waals surface area contributed by atoms with Crippen molar-refractivity contribution in [1.29, 1.82) is 0 Å². The second-order valence-corrected chi connectivity index (χ2v) is 6.09. The molecule has 0 aromatic carbocycles. The Morgan fingerprint density at radius 1 is 1.12 bits per heavy atom. The topological polar surface area (TPSA) is 18.5 Å². The average Bonchev–Trinajstić information content (AvgIpc) is 2.55. The van der Waals surface area contributed by atoms with Gasteiger partial charge in [0.1, 0.15) is 0 Å². The highest BCUT2D eigenvalue weighted by Crippen LogP contribution is 2.35. The van der Waals surface area contributed by atoms with Crippen LogP contribution in [0.15, 0.2) is 0 Å². The molecule has 17 heavy (non-hydrogen) atoms. The van der Waals surface area contributed by atoms with Crippen LogP contribution in [0.4, 0.5) is 0 Å². The molecule has 0 radical (unpaired) electrons. The maximum Gasteiger partial charge on any atom is 0.0114 e. The average molecular weight is 239 g/mol. The van der Waals surface area contributed by atoms with Crippen LogP contribution in [0, 0.1) is 0 Å². The van der Waals surface area contributed by atoms with Gasteiger partial charge in [0.25, 0.3) is 0 Å². The van der Waals surface area contributed by atoms with Crippen LogP contribution in [-0.2, 0) is 0 Å². The molecule has 2 aliphatic rings. The molecule has 100 valence electrons. The molecule has 0 saturated carbocycles. The van der Waals surface area contributed by atoms with Crippen LogP contribution >= 0.6 is 0 Å². The molecule has 2 atom stereocenters. The van der Waals surface area contributed by atoms with E-state index in [9.17, 15) is 0 Å². The highest BCUT2D eigenvalue weighted by molar-refractivity contribution is 4.96. The van der Waals surface area contributed by atoms with E-state index >= 15 is 0 Å². The predicted octanol–water partition coefficient (Wildman–Crippen LogP) is 1.54. The summed E-state index contributed by atoms with van der Waals surface area (Å²) in [4.78, 5) is 5.10. The van der Waals surface area contributed by atoms with Gasteiger partial charge in [-0.3, -0.25) is 4.90 Å². The Morgan fingerprint density at radius 3 is 2.29 bits per heavy atom. The van der Waals surface area contributed by atoms with Crippen molar-refractivity contribution in [1.82, 2.24) is 15.1 Å². The largest absolute Gasteiger partial charge is 0.317 e. The summed E-state index contributed by atoms with van der Waals surface area (Å²) in [6.45, 7) is 2.57. The summed E-state index contributed by atoms with van der Waals surface area (Å²) in [6, 6.07) is 2.54. The van der Waals surface area contributed by atoms with Crippen molar-refractivity contribution in [2.24, 2.45) is 0 Å². The second kappa shape index (κ2) is 6.17. The maximum atomic E-state index is 3.47. The lowest BCUT2D eigenvalue weighted by atomic mass is 9.97. The maximum absolute atomic E-state index is 3.47. The molecule has 1 N–H and O–H groups in total. The molecule has 2 saturated heterocycles. The third kappa shape index (κ3) is 3.43. The number of piperidine rings is 1. The van der Waals surface area contributed by atoms with E-state index in [2.05, 4.69) is 36.3 Å². The normalized spacial score (nSPS) is 33.5. The van der Waals surface area contributed by atoms with E-state index in [0.717, 1.165) is 18.1 Å². The van der Waals surface area contributed by atoms with Gasteiger partial charge in [0, 0.05) is 18.1 Å². The number of hydrogen-bond acceptors (Lipinski definition) is 3. The van der Waals surface area contributed by atoms with Gasteiger partial charge in [-0.15, -0.1) is 0 Å². The van der Waals surface area contributed by atoms with Gasteiger partial charge in [0.2, 0.25) is 0 Å². The summed E-state index contributed by atoms with van der Waals surface area (Å²) in [7, 11) is 6.46. The molecule has 2 heterocycles. The Kier molecular flexibility index (Phi) is 4.83. The van der Waals surface area contributed by atoms with Crippen LogP contribution in [-0.4, -0.2) is 62.2 Å². The first-order valence-electron chi connectivity index (χ1n) is 7.28. The second-order valence-electron chi connectivity index (χ2n) is 6.09. The van der Waals surface area contributed by atoms with Crippen LogP contribution in [0.5, 0.6) is 0 Å². The molecule has 2 aliphatic heterocycles. The lowest BCUT2D eigenvalue weighted by molar-refractivity contribution is 0.116. The Morgan fingerprint density at radius 2 is 1.76 bits per heavy atom. The minimum atomic E-state index is 0.783. The molecular formula is C14H29N3. The van der Waals surface area contributed by atoms with Crippen LogP contribution in [0.3, 0.4) is 0 Å². The van der Waals surface area contributed by atoms with Gasteiger partial charge >= 0.3 is 0 Å². The van der Waals surface area contributed by atoms with E-state index in [-0.39, 0.29) is 0 Å². The van der Waals surface area contributed by atoms with Gasteiger partial charge in [0.05, 0.1) is 0 Å². The molecule has 0 spiro atoms. The van der Waals surface area contributed by atoms with E-state index in [1.165, 1.54) is 51.6 Å². The zero-order valence-electron chi connectivity index (χ0n) is 11.8. The first-order valence-corrected chi connectivity index (χ1v) is 7.28. The SMILES string of the molecule is CNC1CC2CCC(C1)N2CCCCN(C)C. The van der Waals surface area contributed by atoms with Crippen LogP contribution in [0.2, 0.25) is 0 Å². The van der Waals surface area contributed by atoms with Gasteiger partial charge < -0.3 is 10.2 Å². The summed E-state index contributed by atoms with van der Waals surface area (Å²) in [6.07, 6.45) is 8.35. The summed E-state index contributed by atoms with van der Waals surface area (Å²) in [5, 5.41) is 3.47. The number of unbranched alkanes of at least 4 members (excludes halogenated alkanes) is 1. The smallest absolute Gasteiger partial charge is 0.0114 e. The lowest BCUT2D eigenvalue weighted by Gasteiger charge is -2.39. The number of fused-ring (bicyclic) bond motifs is 2. The van der Waals surface area contributed by atoms with Gasteiger partial charge in [0.15, 0.2) is 0 Å². The molecule has 3 nitrogen and oxygen atoms in total. The molecule has 0 aromatic heterocycles. The Bertz CT molecular complexity index is 216. The third-order valence-corrected chi connectivity index (χ3v) is 4.56. The van der Waals surface area contributed by atoms with Gasteiger partial charge in [-0.05, 0) is 72.8 Å². The molecular weight excluding hydrogens is 210 g/mol. The Balaban J connectivity index is 1.72. The fourth-order valence-electron chi connectivity index (χ4n) is 3.60. The molecule has 2 fully saturated rings. The van der Waals surface area contributed by atoms with E-state index in [1.807, 2.05) is 0 Å². The molecule has 2 rings (SSSR count). The van der Waals surface area contributed by atoms with Crippen LogP contribution in [0.25, 0.3) is 0 Å². The zero-order chi connectivity index (χ0) is 12.3. The summed E-state index contributed by atoms with van der Waals surface area (Å²) in [5.41, 5.74) is 0. The standard InChI is InChI=1S/C14H29N3/c1-15-12-10-13-6-7-14(11-12)17(13)9-5-4-8-16(2)3/h12-15H,4-11H2,1-3H3. The number of nitrogens with one attached hydrogen (secondary N) is 1. The third-order valence-electron chi connectivity index (χ3n) is 4.56. The first-order chi connectivity index (χ1) is 8.20. The minimum Gasteiger partial charge on any atom is -0.317 e. The van der Waals surface area contributed by atoms with Gasteiger partial charge in [-0.2, -0.15) is 0 Å². The summed E-state index contributed by atoms with van der Waals surface area (Å²) in [5.74, 6) is 0. The predicted molar refractivity (Wildman–Crippen MR) is 73.4 cm³/mol. The zero-order valence-corrected chi connectivity index (χ0v) is 11.8. The fourth-order valence-corrected chi connectivity index (χ4v) is 3.60. The monoisotopic (exact) mass is 239 g/mol. The van der Waals surface area contributed by atoms with Crippen molar-refractivity contribution < 1.29 is 0 Å². The number of hydrogen-bond donors (Lipinski definition) is 1. The van der Waals surface area contributed by atoms with Crippen molar-refractivity contribution in [3.8, 4) is 0 Å². The first kappa shape index (κ1) is 13.3. The quantitative estimate of drug-likeness (QED) is 0.709. The van der Waals surface area contributed by atoms with Crippen molar-refractivity contribution >= 4 is 0 Å². The van der Waals surface area contributed by atoms with E-state index in [0.29, 0.717) is 0 Å². The molecule has 0 aliphatic carbocycles. The number of rotatable bonds is 6.